The molecule has 0 bridgehead atoms. The molecule has 0 saturated carbocycles. The van der Waals surface area contributed by atoms with Crippen molar-refractivity contribution in [1.82, 2.24) is 9.97 Å². The number of anilines is 3. The summed E-state index contributed by atoms with van der Waals surface area (Å²) >= 11 is 1.44. The van der Waals surface area contributed by atoms with Crippen molar-refractivity contribution in [2.24, 2.45) is 0 Å². The first kappa shape index (κ1) is 18.1. The second kappa shape index (κ2) is 8.14. The number of hydrogen-bond donors (Lipinski definition) is 2. The Labute approximate surface area is 166 Å². The van der Waals surface area contributed by atoms with Crippen molar-refractivity contribution in [2.75, 3.05) is 17.1 Å². The maximum Gasteiger partial charge on any atom is 0.180 e. The molecule has 4 rings (SSSR count). The number of nitrogens with zero attached hydrogens (tertiary/aromatic N) is 2. The summed E-state index contributed by atoms with van der Waals surface area (Å²) in [5, 5.41) is 3.21. The van der Waals surface area contributed by atoms with Crippen molar-refractivity contribution in [3.63, 3.8) is 0 Å². The quantitative estimate of drug-likeness (QED) is 0.414. The number of benzene rings is 3. The molecule has 0 saturated heterocycles. The molecule has 0 spiro atoms. The minimum absolute atomic E-state index is 0.159. The Morgan fingerprint density at radius 1 is 0.857 bits per heavy atom. The molecule has 5 nitrogen and oxygen atoms in total. The van der Waals surface area contributed by atoms with E-state index in [-0.39, 0.29) is 5.75 Å². The Balaban J connectivity index is 1.68. The van der Waals surface area contributed by atoms with Gasteiger partial charge in [-0.3, -0.25) is 0 Å². The summed E-state index contributed by atoms with van der Waals surface area (Å²) in [6, 6.07) is 22.1. The highest BCUT2D eigenvalue weighted by Gasteiger charge is 2.11. The zero-order valence-corrected chi connectivity index (χ0v) is 15.8. The van der Waals surface area contributed by atoms with Crippen LogP contribution in [0.1, 0.15) is 0 Å². The van der Waals surface area contributed by atoms with Gasteiger partial charge < -0.3 is 14.8 Å². The summed E-state index contributed by atoms with van der Waals surface area (Å²) in [5.74, 6) is 0.856. The van der Waals surface area contributed by atoms with Crippen molar-refractivity contribution < 1.29 is 9.13 Å². The van der Waals surface area contributed by atoms with E-state index >= 15 is 0 Å². The van der Waals surface area contributed by atoms with Crippen LogP contribution in [0.2, 0.25) is 0 Å². The van der Waals surface area contributed by atoms with Gasteiger partial charge in [0.2, 0.25) is 0 Å². The fraction of sp³-hybridized carbons (Fsp3) is 0.0476. The summed E-state index contributed by atoms with van der Waals surface area (Å²) in [6.45, 7) is 0. The first-order valence-electron chi connectivity index (χ1n) is 8.58. The maximum atomic E-state index is 13.7. The number of halogens is 1. The smallest absolute Gasteiger partial charge is 0.180 e. The summed E-state index contributed by atoms with van der Waals surface area (Å²) in [5.41, 5.74) is 2.19. The zero-order valence-electron chi connectivity index (χ0n) is 15.0. The molecule has 0 amide bonds. The van der Waals surface area contributed by atoms with Gasteiger partial charge in [-0.25, -0.2) is 14.4 Å². The number of rotatable bonds is 6. The molecule has 2 N–H and O–H groups in total. The molecular weight excluding hydrogens is 375 g/mol. The van der Waals surface area contributed by atoms with Crippen molar-refractivity contribution in [1.29, 1.82) is 0 Å². The van der Waals surface area contributed by atoms with E-state index in [1.807, 2.05) is 54.6 Å². The van der Waals surface area contributed by atoms with Crippen LogP contribution < -0.4 is 14.8 Å². The summed E-state index contributed by atoms with van der Waals surface area (Å²) < 4.78 is 22.0. The lowest BCUT2D eigenvalue weighted by molar-refractivity contribution is 0.387. The Morgan fingerprint density at radius 2 is 1.54 bits per heavy atom. The largest absolute Gasteiger partial charge is 0.494 e. The fourth-order valence-electron chi connectivity index (χ4n) is 2.63. The molecule has 0 fully saturated rings. The maximum absolute atomic E-state index is 13.7. The third kappa shape index (κ3) is 3.99. The standard InChI is InChI=1S/C21H17FN4OS/c1-27-19-13-14(11-12-16(19)22)23-20-21(26-28-15-7-3-2-4-8-15)25-18-10-6-5-9-17(18)24-20/h2-13H,1H3,(H,23,24)(H,25,26). The van der Waals surface area contributed by atoms with Crippen LogP contribution in [-0.2, 0) is 0 Å². The molecule has 28 heavy (non-hydrogen) atoms. The number of fused-ring (bicyclic) bond motifs is 1. The second-order valence-corrected chi connectivity index (χ2v) is 6.78. The van der Waals surface area contributed by atoms with Crippen LogP contribution in [-0.4, -0.2) is 17.1 Å². The number of nitrogens with one attached hydrogen (secondary N) is 2. The van der Waals surface area contributed by atoms with E-state index in [2.05, 4.69) is 20.0 Å². The fourth-order valence-corrected chi connectivity index (χ4v) is 3.28. The van der Waals surface area contributed by atoms with Gasteiger partial charge in [0.05, 0.1) is 18.1 Å². The van der Waals surface area contributed by atoms with Crippen LogP contribution in [0.15, 0.2) is 77.7 Å². The predicted octanol–water partition coefficient (Wildman–Crippen LogP) is 5.64. The van der Waals surface area contributed by atoms with E-state index in [1.165, 1.54) is 25.1 Å². The third-order valence-corrected chi connectivity index (χ3v) is 4.80. The molecule has 7 heteroatoms. The van der Waals surface area contributed by atoms with E-state index in [4.69, 9.17) is 4.74 Å². The van der Waals surface area contributed by atoms with Crippen LogP contribution in [0.25, 0.3) is 11.0 Å². The van der Waals surface area contributed by atoms with Crippen molar-refractivity contribution in [3.8, 4) is 5.75 Å². The zero-order chi connectivity index (χ0) is 19.3. The average molecular weight is 392 g/mol. The lowest BCUT2D eigenvalue weighted by Crippen LogP contribution is -2.02. The van der Waals surface area contributed by atoms with Gasteiger partial charge in [0, 0.05) is 16.6 Å². The van der Waals surface area contributed by atoms with Crippen LogP contribution in [0.4, 0.5) is 21.7 Å². The minimum atomic E-state index is -0.421. The highest BCUT2D eigenvalue weighted by atomic mass is 32.2. The molecule has 0 aliphatic rings. The molecular formula is C21H17FN4OS. The van der Waals surface area contributed by atoms with E-state index in [1.54, 1.807) is 12.1 Å². The van der Waals surface area contributed by atoms with Gasteiger partial charge in [0.25, 0.3) is 0 Å². The van der Waals surface area contributed by atoms with Gasteiger partial charge in [0.15, 0.2) is 23.2 Å². The molecule has 0 radical (unpaired) electrons. The van der Waals surface area contributed by atoms with E-state index < -0.39 is 5.82 Å². The summed E-state index contributed by atoms with van der Waals surface area (Å²) in [7, 11) is 1.43. The molecule has 4 aromatic rings. The highest BCUT2D eigenvalue weighted by Crippen LogP contribution is 2.30. The van der Waals surface area contributed by atoms with Gasteiger partial charge in [-0.05, 0) is 48.3 Å². The first-order valence-corrected chi connectivity index (χ1v) is 9.40. The summed E-state index contributed by atoms with van der Waals surface area (Å²) in [6.07, 6.45) is 0. The van der Waals surface area contributed by atoms with Crippen molar-refractivity contribution in [3.05, 3.63) is 78.6 Å². The minimum Gasteiger partial charge on any atom is -0.494 e. The SMILES string of the molecule is COc1cc(Nc2nc3ccccc3nc2NSc2ccccc2)ccc1F. The molecule has 1 heterocycles. The lowest BCUT2D eigenvalue weighted by atomic mass is 10.2. The molecule has 0 aliphatic heterocycles. The Hall–Kier alpha value is -3.32. The molecule has 0 atom stereocenters. The lowest BCUT2D eigenvalue weighted by Gasteiger charge is -2.13. The Kier molecular flexibility index (Phi) is 5.25. The van der Waals surface area contributed by atoms with Crippen LogP contribution >= 0.6 is 11.9 Å². The number of hydrogen-bond acceptors (Lipinski definition) is 6. The molecule has 0 aliphatic carbocycles. The topological polar surface area (TPSA) is 59.1 Å². The number of aromatic nitrogens is 2. The van der Waals surface area contributed by atoms with Gasteiger partial charge in [-0.2, -0.15) is 0 Å². The van der Waals surface area contributed by atoms with Crippen LogP contribution in [0.3, 0.4) is 0 Å². The predicted molar refractivity (Wildman–Crippen MR) is 112 cm³/mol. The first-order chi connectivity index (χ1) is 13.7. The van der Waals surface area contributed by atoms with Gasteiger partial charge in [-0.15, -0.1) is 0 Å². The molecule has 0 unspecified atom stereocenters. The van der Waals surface area contributed by atoms with Crippen molar-refractivity contribution in [2.45, 2.75) is 4.90 Å². The Morgan fingerprint density at radius 3 is 2.25 bits per heavy atom. The molecule has 3 aromatic carbocycles. The molecule has 1 aromatic heterocycles. The second-order valence-electron chi connectivity index (χ2n) is 5.90. The van der Waals surface area contributed by atoms with E-state index in [9.17, 15) is 4.39 Å². The van der Waals surface area contributed by atoms with Gasteiger partial charge in [-0.1, -0.05) is 30.3 Å². The summed E-state index contributed by atoms with van der Waals surface area (Å²) in [4.78, 5) is 10.4. The highest BCUT2D eigenvalue weighted by molar-refractivity contribution is 8.00. The normalized spacial score (nSPS) is 10.6. The van der Waals surface area contributed by atoms with Gasteiger partial charge in [0.1, 0.15) is 0 Å². The number of para-hydroxylation sites is 2. The monoisotopic (exact) mass is 392 g/mol. The van der Waals surface area contributed by atoms with Crippen molar-refractivity contribution >= 4 is 40.3 Å². The van der Waals surface area contributed by atoms with E-state index in [0.29, 0.717) is 17.3 Å². The van der Waals surface area contributed by atoms with Gasteiger partial charge >= 0.3 is 0 Å². The number of methoxy groups -OCH3 is 1. The van der Waals surface area contributed by atoms with Crippen LogP contribution in [0, 0.1) is 5.82 Å². The molecule has 140 valence electrons. The average Bonchev–Trinajstić information content (AvgIpc) is 2.74. The number of ether oxygens (including phenoxy) is 1. The third-order valence-electron chi connectivity index (χ3n) is 3.99. The van der Waals surface area contributed by atoms with E-state index in [0.717, 1.165) is 15.9 Å². The Bertz CT molecular complexity index is 1110. The van der Waals surface area contributed by atoms with Crippen LogP contribution in [0.5, 0.6) is 5.75 Å².